The minimum Gasteiger partial charge on any atom is -0.288 e. The first-order chi connectivity index (χ1) is 9.91. The molecule has 0 spiro atoms. The summed E-state index contributed by atoms with van der Waals surface area (Å²) < 4.78 is 0. The number of benzene rings is 1. The van der Waals surface area contributed by atoms with Crippen molar-refractivity contribution in [1.82, 2.24) is 15.0 Å². The third-order valence-corrected chi connectivity index (χ3v) is 3.54. The molecule has 0 fully saturated rings. The summed E-state index contributed by atoms with van der Waals surface area (Å²) in [4.78, 5) is 76.9. The smallest absolute Gasteiger partial charge is 0.259 e. The van der Waals surface area contributed by atoms with Gasteiger partial charge in [-0.3, -0.25) is 43.7 Å². The van der Waals surface area contributed by atoms with Gasteiger partial charge in [0.1, 0.15) is 0 Å². The Morgan fingerprint density at radius 3 is 0.619 bits per heavy atom. The largest absolute Gasteiger partial charge is 0.288 e. The average Bonchev–Trinajstić information content (AvgIpc) is 2.96. The quantitative estimate of drug-likeness (QED) is 0.328. The Hall–Kier alpha value is -3.36. The van der Waals surface area contributed by atoms with Crippen LogP contribution in [0.3, 0.4) is 0 Å². The lowest BCUT2D eigenvalue weighted by molar-refractivity contribution is 1.26. The zero-order valence-electron chi connectivity index (χ0n) is 9.95. The van der Waals surface area contributed by atoms with Crippen LogP contribution in [0, 0.1) is 0 Å². The van der Waals surface area contributed by atoms with Gasteiger partial charge in [0.2, 0.25) is 0 Å². The average molecular weight is 285 g/mol. The van der Waals surface area contributed by atoms with Crippen molar-refractivity contribution >= 4 is 32.3 Å². The minimum atomic E-state index is -0.883. The van der Waals surface area contributed by atoms with Gasteiger partial charge in [0.15, 0.2) is 0 Å². The molecule has 9 nitrogen and oxygen atoms in total. The Morgan fingerprint density at radius 2 is 0.476 bits per heavy atom. The van der Waals surface area contributed by atoms with E-state index in [0.29, 0.717) is 0 Å². The molecule has 4 rings (SSSR count). The van der Waals surface area contributed by atoms with Crippen LogP contribution in [0.1, 0.15) is 0 Å². The van der Waals surface area contributed by atoms with E-state index in [9.17, 15) is 28.8 Å². The molecule has 9 heteroatoms. The summed E-state index contributed by atoms with van der Waals surface area (Å²) in [6, 6.07) is 0. The molecule has 0 atom stereocenters. The summed E-state index contributed by atoms with van der Waals surface area (Å²) in [6.07, 6.45) is 0. The van der Waals surface area contributed by atoms with Gasteiger partial charge in [0, 0.05) is 0 Å². The van der Waals surface area contributed by atoms with Crippen LogP contribution in [-0.2, 0) is 0 Å². The van der Waals surface area contributed by atoms with E-state index in [2.05, 4.69) is 0 Å². The van der Waals surface area contributed by atoms with Gasteiger partial charge in [-0.15, -0.1) is 0 Å². The summed E-state index contributed by atoms with van der Waals surface area (Å²) in [7, 11) is 0. The SMILES string of the molecule is O=c1[nH]c(=O)c2c1c1c(=O)[nH]c(=O)c1c1c(=O)[nH]c(=O)c21. The van der Waals surface area contributed by atoms with Gasteiger partial charge in [0.05, 0.1) is 32.3 Å². The molecule has 0 bridgehead atoms. The highest BCUT2D eigenvalue weighted by Crippen LogP contribution is 2.23. The van der Waals surface area contributed by atoms with Crippen LogP contribution >= 0.6 is 0 Å². The van der Waals surface area contributed by atoms with Crippen LogP contribution in [0.5, 0.6) is 0 Å². The Labute approximate surface area is 110 Å². The highest BCUT2D eigenvalue weighted by Gasteiger charge is 2.25. The lowest BCUT2D eigenvalue weighted by Gasteiger charge is -1.92. The molecule has 0 aliphatic rings. The Balaban J connectivity index is 2.78. The first kappa shape index (κ1) is 11.5. The van der Waals surface area contributed by atoms with Crippen molar-refractivity contribution in [3.63, 3.8) is 0 Å². The molecule has 3 aromatic heterocycles. The maximum absolute atomic E-state index is 11.8. The molecule has 102 valence electrons. The molecular formula is C12H3N3O6. The molecule has 0 aliphatic carbocycles. The van der Waals surface area contributed by atoms with Gasteiger partial charge in [-0.25, -0.2) is 0 Å². The highest BCUT2D eigenvalue weighted by molar-refractivity contribution is 6.24. The molecule has 4 aromatic rings. The summed E-state index contributed by atoms with van der Waals surface area (Å²) in [5.74, 6) is 0. The molecular weight excluding hydrogens is 282 g/mol. The van der Waals surface area contributed by atoms with Crippen molar-refractivity contribution in [2.75, 3.05) is 0 Å². The minimum absolute atomic E-state index is 0.345. The van der Waals surface area contributed by atoms with Crippen molar-refractivity contribution in [2.45, 2.75) is 0 Å². The van der Waals surface area contributed by atoms with Crippen LogP contribution in [0.15, 0.2) is 28.8 Å². The molecule has 0 radical (unpaired) electrons. The number of aromatic nitrogens is 3. The number of rotatable bonds is 0. The van der Waals surface area contributed by atoms with E-state index in [1.165, 1.54) is 0 Å². The summed E-state index contributed by atoms with van der Waals surface area (Å²) >= 11 is 0. The maximum Gasteiger partial charge on any atom is 0.259 e. The third-order valence-electron chi connectivity index (χ3n) is 3.54. The number of hydrogen-bond acceptors (Lipinski definition) is 6. The van der Waals surface area contributed by atoms with Gasteiger partial charge in [-0.2, -0.15) is 0 Å². The fourth-order valence-corrected chi connectivity index (χ4v) is 2.80. The number of aromatic amines is 3. The van der Waals surface area contributed by atoms with Gasteiger partial charge in [-0.05, 0) is 0 Å². The maximum atomic E-state index is 11.8. The predicted octanol–water partition coefficient (Wildman–Crippen LogP) is -2.39. The van der Waals surface area contributed by atoms with Crippen LogP contribution < -0.4 is 33.4 Å². The van der Waals surface area contributed by atoms with E-state index >= 15 is 0 Å². The molecule has 0 saturated carbocycles. The van der Waals surface area contributed by atoms with Crippen molar-refractivity contribution in [3.8, 4) is 0 Å². The second-order valence-corrected chi connectivity index (χ2v) is 4.60. The standard InChI is InChI=1S/C12H3N3O6/c16-7-1-2(8(17)13-7)4-6(12(21)15-11(4)20)5-3(1)9(18)14-10(5)19/h(H,13,16,17)(H,14,18,19)(H,15,20,21). The Bertz CT molecular complexity index is 1090. The molecule has 0 amide bonds. The first-order valence-electron chi connectivity index (χ1n) is 5.72. The molecule has 0 aliphatic heterocycles. The lowest BCUT2D eigenvalue weighted by Crippen LogP contribution is -2.08. The Morgan fingerprint density at radius 1 is 0.333 bits per heavy atom. The number of fused-ring (bicyclic) bond motifs is 6. The summed E-state index contributed by atoms with van der Waals surface area (Å²) in [5.41, 5.74) is -5.30. The van der Waals surface area contributed by atoms with Gasteiger partial charge >= 0.3 is 0 Å². The van der Waals surface area contributed by atoms with Crippen molar-refractivity contribution in [3.05, 3.63) is 62.1 Å². The second-order valence-electron chi connectivity index (χ2n) is 4.60. The second kappa shape index (κ2) is 3.20. The fraction of sp³-hybridized carbons (Fsp3) is 0. The van der Waals surface area contributed by atoms with Crippen molar-refractivity contribution in [1.29, 1.82) is 0 Å². The van der Waals surface area contributed by atoms with Crippen molar-refractivity contribution < 1.29 is 0 Å². The van der Waals surface area contributed by atoms with E-state index in [0.717, 1.165) is 0 Å². The lowest BCUT2D eigenvalue weighted by atomic mass is 10.0. The normalized spacial score (nSPS) is 12.0. The fourth-order valence-electron chi connectivity index (χ4n) is 2.80. The van der Waals surface area contributed by atoms with Gasteiger partial charge < -0.3 is 0 Å². The van der Waals surface area contributed by atoms with Crippen LogP contribution in [-0.4, -0.2) is 15.0 Å². The summed E-state index contributed by atoms with van der Waals surface area (Å²) in [5, 5.41) is -2.07. The predicted molar refractivity (Wildman–Crippen MR) is 73.2 cm³/mol. The topological polar surface area (TPSA) is 150 Å². The van der Waals surface area contributed by atoms with E-state index < -0.39 is 33.4 Å². The van der Waals surface area contributed by atoms with Gasteiger partial charge in [-0.1, -0.05) is 0 Å². The van der Waals surface area contributed by atoms with E-state index in [1.54, 1.807) is 0 Å². The third kappa shape index (κ3) is 1.11. The highest BCUT2D eigenvalue weighted by atomic mass is 16.2. The molecule has 1 aromatic carbocycles. The number of hydrogen-bond donors (Lipinski definition) is 3. The molecule has 3 N–H and O–H groups in total. The molecule has 21 heavy (non-hydrogen) atoms. The van der Waals surface area contributed by atoms with E-state index in [-0.39, 0.29) is 32.3 Å². The van der Waals surface area contributed by atoms with E-state index in [4.69, 9.17) is 0 Å². The van der Waals surface area contributed by atoms with Crippen LogP contribution in [0.4, 0.5) is 0 Å². The zero-order chi connectivity index (χ0) is 15.0. The van der Waals surface area contributed by atoms with Crippen molar-refractivity contribution in [2.24, 2.45) is 0 Å². The Kier molecular flexibility index (Phi) is 1.75. The summed E-state index contributed by atoms with van der Waals surface area (Å²) in [6.45, 7) is 0. The van der Waals surface area contributed by atoms with E-state index in [1.807, 2.05) is 15.0 Å². The molecule has 3 heterocycles. The van der Waals surface area contributed by atoms with Gasteiger partial charge in [0.25, 0.3) is 33.4 Å². The molecule has 0 unspecified atom stereocenters. The molecule has 0 saturated heterocycles. The monoisotopic (exact) mass is 285 g/mol. The first-order valence-corrected chi connectivity index (χ1v) is 5.72. The number of H-pyrrole nitrogens is 3. The number of nitrogens with one attached hydrogen (secondary N) is 3. The zero-order valence-corrected chi connectivity index (χ0v) is 9.95. The van der Waals surface area contributed by atoms with Crippen LogP contribution in [0.25, 0.3) is 32.3 Å². The van der Waals surface area contributed by atoms with Crippen LogP contribution in [0.2, 0.25) is 0 Å².